The topological polar surface area (TPSA) is 155 Å². The third-order valence-electron chi connectivity index (χ3n) is 10.5. The molecule has 0 aromatic heterocycles. The summed E-state index contributed by atoms with van der Waals surface area (Å²) >= 11 is 0. The van der Waals surface area contributed by atoms with Gasteiger partial charge in [-0.3, -0.25) is 14.4 Å². The van der Waals surface area contributed by atoms with Gasteiger partial charge < -0.3 is 44.9 Å². The second kappa shape index (κ2) is 21.5. The number of nitrogens with zero attached hydrogens (tertiary/aromatic N) is 3. The molecule has 4 N–H and O–H groups in total. The van der Waals surface area contributed by atoms with Gasteiger partial charge in [-0.2, -0.15) is 0 Å². The molecule has 2 aliphatic rings. The average Bonchev–Trinajstić information content (AvgIpc) is 3.05. The molecule has 0 aliphatic carbocycles. The normalized spacial score (nSPS) is 35.6. The molecule has 294 valence electrons. The summed E-state index contributed by atoms with van der Waals surface area (Å²) in [6.07, 6.45) is 3.35. The molecule has 0 radical (unpaired) electrons. The van der Waals surface area contributed by atoms with Crippen molar-refractivity contribution in [2.75, 3.05) is 47.8 Å². The Kier molecular flexibility index (Phi) is 19.0. The highest BCUT2D eigenvalue weighted by Gasteiger charge is 2.43. The summed E-state index contributed by atoms with van der Waals surface area (Å²) in [5, 5.41) is 23.1. The number of aliphatic hydroxyl groups excluding tert-OH is 2. The number of esters is 1. The first-order valence-corrected chi connectivity index (χ1v) is 19.0. The van der Waals surface area contributed by atoms with E-state index in [1.165, 1.54) is 0 Å². The van der Waals surface area contributed by atoms with Crippen molar-refractivity contribution in [2.24, 2.45) is 29.4 Å². The molecule has 2 heterocycles. The van der Waals surface area contributed by atoms with Gasteiger partial charge in [0.05, 0.1) is 30.8 Å². The Hall–Kier alpha value is -2.19. The first-order chi connectivity index (χ1) is 23.9. The summed E-state index contributed by atoms with van der Waals surface area (Å²) in [5.74, 6) is -2.27. The summed E-state index contributed by atoms with van der Waals surface area (Å²) in [5.41, 5.74) is 6.97. The SMILES string of the molecule is CC[C@H]1OC(=O)C[C@@H](O)[C@H](C)[C@@H](O[C@@H]2O[C@H](C)C[C@H](N(C)C)[C@H]2O)[C@@H](CCN(CCCN(C)C)C(=O)[C@H](C)N)C[C@@H](C)C(=O)/C=C/C(C)=C/[C@@H]1C. The van der Waals surface area contributed by atoms with Gasteiger partial charge in [0.2, 0.25) is 5.91 Å². The van der Waals surface area contributed by atoms with Crippen LogP contribution in [0, 0.1) is 23.7 Å². The van der Waals surface area contributed by atoms with Crippen LogP contribution in [-0.2, 0) is 28.6 Å². The maximum Gasteiger partial charge on any atom is 0.308 e. The summed E-state index contributed by atoms with van der Waals surface area (Å²) in [4.78, 5) is 46.0. The van der Waals surface area contributed by atoms with Gasteiger partial charge in [-0.1, -0.05) is 45.4 Å². The Morgan fingerprint density at radius 1 is 1.04 bits per heavy atom. The first-order valence-electron chi connectivity index (χ1n) is 19.0. The molecule has 1 saturated heterocycles. The highest BCUT2D eigenvalue weighted by Crippen LogP contribution is 2.34. The number of rotatable bonds is 12. The standard InChI is InChI=1S/C39H70N4O8/c1-12-34-26(4)20-24(2)14-15-32(44)25(3)21-30(16-19-43(38(48)29(7)40)18-13-17-41(8)9)37(28(6)33(45)23-35(46)50-34)51-39-36(47)31(42(10)11)22-27(5)49-39/h14-15,20,25-31,33-34,36-37,39,45,47H,12-13,16-19,21-23,40H2,1-11H3/b15-14+,24-20+/t25-,26+,27-,28+,29+,30+,31+,33-,34-,36-,37-,39+/m1/s1. The second-order valence-corrected chi connectivity index (χ2v) is 15.7. The molecule has 2 rings (SSSR count). The Bertz CT molecular complexity index is 1160. The smallest absolute Gasteiger partial charge is 0.308 e. The minimum absolute atomic E-state index is 0.0531. The molecule has 0 bridgehead atoms. The van der Waals surface area contributed by atoms with Gasteiger partial charge in [0.1, 0.15) is 12.2 Å². The summed E-state index contributed by atoms with van der Waals surface area (Å²) < 4.78 is 18.8. The van der Waals surface area contributed by atoms with Crippen LogP contribution in [0.1, 0.15) is 87.0 Å². The fourth-order valence-corrected chi connectivity index (χ4v) is 7.29. The molecule has 0 aromatic rings. The Balaban J connectivity index is 2.63. The van der Waals surface area contributed by atoms with Crippen molar-refractivity contribution in [2.45, 2.75) is 136 Å². The second-order valence-electron chi connectivity index (χ2n) is 15.7. The fraction of sp³-hybridized carbons (Fsp3) is 0.821. The molecule has 0 unspecified atom stereocenters. The maximum absolute atomic E-state index is 13.6. The van der Waals surface area contributed by atoms with Crippen molar-refractivity contribution >= 4 is 17.7 Å². The number of nitrogens with two attached hydrogens (primary N) is 1. The molecule has 1 amide bonds. The highest BCUT2D eigenvalue weighted by atomic mass is 16.7. The number of carbonyl (C=O) groups excluding carboxylic acids is 3. The van der Waals surface area contributed by atoms with E-state index < -0.39 is 54.6 Å². The van der Waals surface area contributed by atoms with Crippen molar-refractivity contribution in [1.29, 1.82) is 0 Å². The lowest BCUT2D eigenvalue weighted by atomic mass is 9.79. The number of ketones is 1. The minimum Gasteiger partial charge on any atom is -0.462 e. The maximum atomic E-state index is 13.6. The molecular formula is C39H70N4O8. The number of hydrogen-bond acceptors (Lipinski definition) is 11. The van der Waals surface area contributed by atoms with Crippen molar-refractivity contribution in [3.8, 4) is 0 Å². The quantitative estimate of drug-likeness (QED) is 0.254. The van der Waals surface area contributed by atoms with Crippen LogP contribution in [0.5, 0.6) is 0 Å². The van der Waals surface area contributed by atoms with E-state index in [2.05, 4.69) is 4.90 Å². The van der Waals surface area contributed by atoms with Gasteiger partial charge >= 0.3 is 5.97 Å². The van der Waals surface area contributed by atoms with Crippen molar-refractivity contribution < 1.29 is 38.8 Å². The van der Waals surface area contributed by atoms with Crippen LogP contribution >= 0.6 is 0 Å². The Morgan fingerprint density at radius 2 is 1.71 bits per heavy atom. The fourth-order valence-electron chi connectivity index (χ4n) is 7.29. The lowest BCUT2D eigenvalue weighted by Gasteiger charge is -2.44. The van der Waals surface area contributed by atoms with Crippen molar-refractivity contribution in [3.63, 3.8) is 0 Å². The van der Waals surface area contributed by atoms with E-state index in [1.807, 2.05) is 80.7 Å². The van der Waals surface area contributed by atoms with E-state index >= 15 is 0 Å². The van der Waals surface area contributed by atoms with Crippen LogP contribution in [0.15, 0.2) is 23.8 Å². The third-order valence-corrected chi connectivity index (χ3v) is 10.5. The highest BCUT2D eigenvalue weighted by molar-refractivity contribution is 5.91. The number of aliphatic hydroxyl groups is 2. The minimum atomic E-state index is -1.15. The van der Waals surface area contributed by atoms with Crippen LogP contribution in [0.25, 0.3) is 0 Å². The van der Waals surface area contributed by atoms with Crippen LogP contribution in [-0.4, -0.2) is 139 Å². The molecule has 51 heavy (non-hydrogen) atoms. The molecular weight excluding hydrogens is 652 g/mol. The molecule has 0 aromatic carbocycles. The predicted molar refractivity (Wildman–Crippen MR) is 200 cm³/mol. The van der Waals surface area contributed by atoms with Gasteiger partial charge in [0.25, 0.3) is 0 Å². The van der Waals surface area contributed by atoms with Crippen LogP contribution in [0.3, 0.4) is 0 Å². The van der Waals surface area contributed by atoms with E-state index in [9.17, 15) is 24.6 Å². The van der Waals surface area contributed by atoms with Crippen molar-refractivity contribution in [1.82, 2.24) is 14.7 Å². The van der Waals surface area contributed by atoms with Gasteiger partial charge in [0.15, 0.2) is 12.1 Å². The number of likely N-dealkylation sites (N-methyl/N-ethyl adjacent to an activating group) is 1. The number of cyclic esters (lactones) is 1. The molecule has 2 aliphatic heterocycles. The lowest BCUT2D eigenvalue weighted by molar-refractivity contribution is -0.283. The molecule has 1 fully saturated rings. The van der Waals surface area contributed by atoms with Crippen LogP contribution in [0.4, 0.5) is 0 Å². The lowest BCUT2D eigenvalue weighted by Crippen LogP contribution is -2.56. The van der Waals surface area contributed by atoms with E-state index in [0.717, 1.165) is 18.5 Å². The molecule has 12 heteroatoms. The molecule has 0 saturated carbocycles. The zero-order chi connectivity index (χ0) is 38.6. The molecule has 0 spiro atoms. The van der Waals surface area contributed by atoms with E-state index in [4.69, 9.17) is 19.9 Å². The Morgan fingerprint density at radius 3 is 2.29 bits per heavy atom. The van der Waals surface area contributed by atoms with Crippen LogP contribution in [0.2, 0.25) is 0 Å². The van der Waals surface area contributed by atoms with Gasteiger partial charge in [-0.05, 0) is 99.6 Å². The largest absolute Gasteiger partial charge is 0.462 e. The zero-order valence-corrected chi connectivity index (χ0v) is 33.3. The third kappa shape index (κ3) is 14.3. The predicted octanol–water partition coefficient (Wildman–Crippen LogP) is 3.39. The number of amides is 1. The van der Waals surface area contributed by atoms with Crippen molar-refractivity contribution in [3.05, 3.63) is 23.8 Å². The van der Waals surface area contributed by atoms with E-state index in [1.54, 1.807) is 24.0 Å². The van der Waals surface area contributed by atoms with Gasteiger partial charge in [-0.15, -0.1) is 0 Å². The summed E-state index contributed by atoms with van der Waals surface area (Å²) in [7, 11) is 7.77. The van der Waals surface area contributed by atoms with E-state index in [-0.39, 0.29) is 42.1 Å². The number of hydrogen-bond donors (Lipinski definition) is 3. The number of carbonyl (C=O) groups is 3. The monoisotopic (exact) mass is 723 g/mol. The Labute approximate surface area is 307 Å². The zero-order valence-electron chi connectivity index (χ0n) is 33.3. The number of allylic oxidation sites excluding steroid dienone is 3. The van der Waals surface area contributed by atoms with Crippen LogP contribution < -0.4 is 5.73 Å². The van der Waals surface area contributed by atoms with Gasteiger partial charge in [-0.25, -0.2) is 0 Å². The first kappa shape index (κ1) is 45.0. The molecule has 12 nitrogen and oxygen atoms in total. The van der Waals surface area contributed by atoms with E-state index in [0.29, 0.717) is 38.8 Å². The average molecular weight is 723 g/mol. The summed E-state index contributed by atoms with van der Waals surface area (Å²) in [6, 6.07) is -0.920. The molecule has 12 atom stereocenters. The van der Waals surface area contributed by atoms with Gasteiger partial charge in [0, 0.05) is 36.9 Å². The summed E-state index contributed by atoms with van der Waals surface area (Å²) in [6.45, 7) is 14.8. The number of ether oxygens (including phenoxy) is 3.